The number of nitrogens with zero attached hydrogens (tertiary/aromatic N) is 4. The molecular weight excluding hydrogens is 1270 g/mol. The molecule has 3 fully saturated rings. The number of hydrogen-bond donors (Lipinski definition) is 13. The van der Waals surface area contributed by atoms with E-state index in [0.29, 0.717) is 41.0 Å². The topological polar surface area (TPSA) is 466 Å². The second kappa shape index (κ2) is 34.0. The van der Waals surface area contributed by atoms with Crippen molar-refractivity contribution in [2.24, 2.45) is 11.7 Å². The third kappa shape index (κ3) is 19.3. The molecule has 4 heterocycles. The second-order valence-corrected chi connectivity index (χ2v) is 23.6. The monoisotopic (exact) mass is 1340 g/mol. The number of ether oxygens (including phenoxy) is 2. The van der Waals surface area contributed by atoms with E-state index >= 15 is 0 Å². The van der Waals surface area contributed by atoms with E-state index in [-0.39, 0.29) is 58.8 Å². The van der Waals surface area contributed by atoms with Crippen molar-refractivity contribution in [3.63, 3.8) is 0 Å². The van der Waals surface area contributed by atoms with E-state index in [0.717, 1.165) is 40.2 Å². The summed E-state index contributed by atoms with van der Waals surface area (Å²) in [6, 6.07) is 14.4. The third-order valence-electron chi connectivity index (χ3n) is 15.3. The molecule has 494 valence electrons. The van der Waals surface area contributed by atoms with Gasteiger partial charge in [0.05, 0.1) is 56.3 Å². The van der Waals surface area contributed by atoms with Crippen LogP contribution in [0.15, 0.2) is 97.1 Å². The number of nitrogens with one attached hydrogen (secondary N) is 5. The second-order valence-electron chi connectivity index (χ2n) is 22.1. The average molecular weight is 1340 g/mol. The molecule has 13 atom stereocenters. The van der Waals surface area contributed by atoms with Gasteiger partial charge < -0.3 is 96.8 Å². The van der Waals surface area contributed by atoms with Crippen LogP contribution in [0.3, 0.4) is 0 Å². The van der Waals surface area contributed by atoms with Crippen LogP contribution in [0.2, 0.25) is 0 Å². The minimum Gasteiger partial charge on any atom is -0.691 e. The first-order chi connectivity index (χ1) is 44.0. The summed E-state index contributed by atoms with van der Waals surface area (Å²) in [6.45, 7) is 1.74. The molecule has 0 bridgehead atoms. The molecule has 12 unspecified atom stereocenters. The fourth-order valence-electron chi connectivity index (χ4n) is 10.5. The zero-order valence-electron chi connectivity index (χ0n) is 50.3. The van der Waals surface area contributed by atoms with Gasteiger partial charge in [-0.15, -0.1) is 14.5 Å². The van der Waals surface area contributed by atoms with E-state index in [1.165, 1.54) is 36.5 Å². The van der Waals surface area contributed by atoms with Crippen molar-refractivity contribution in [1.82, 2.24) is 46.6 Å². The third-order valence-corrected chi connectivity index (χ3v) is 16.7. The van der Waals surface area contributed by atoms with Gasteiger partial charge in [-0.3, -0.25) is 43.4 Å². The summed E-state index contributed by atoms with van der Waals surface area (Å²) in [6.07, 6.45) is -13.1. The van der Waals surface area contributed by atoms with Crippen LogP contribution in [0.1, 0.15) is 55.5 Å². The molecule has 0 aliphatic carbocycles. The molecule has 3 aliphatic rings. The predicted molar refractivity (Wildman–Crippen MR) is 320 cm³/mol. The Hall–Kier alpha value is -7.61. The Balaban J connectivity index is 0.0000123. The molecule has 8 amide bonds. The number of carbonyl (C=O) groups excluding carboxylic acids is 8. The van der Waals surface area contributed by atoms with Gasteiger partial charge in [0.2, 0.25) is 41.4 Å². The number of hydrogen-bond acceptors (Lipinski definition) is 25. The number of amides is 8. The van der Waals surface area contributed by atoms with Crippen molar-refractivity contribution in [2.45, 2.75) is 119 Å². The number of primary amides is 1. The zero-order valence-corrected chi connectivity index (χ0v) is 54.0. The Morgan fingerprint density at radius 3 is 2.00 bits per heavy atom. The fraction of sp³-hybridized carbons (Fsp3) is 0.424. The van der Waals surface area contributed by atoms with Gasteiger partial charge in [0.15, 0.2) is 11.5 Å². The molecule has 31 nitrogen and oxygen atoms in total. The van der Waals surface area contributed by atoms with E-state index in [2.05, 4.69) is 46.2 Å². The first-order valence-corrected chi connectivity index (χ1v) is 30.4. The molecule has 0 radical (unpaired) electrons. The van der Waals surface area contributed by atoms with Crippen LogP contribution in [0.25, 0.3) is 21.1 Å². The van der Waals surface area contributed by atoms with Gasteiger partial charge in [-0.25, -0.2) is 0 Å². The van der Waals surface area contributed by atoms with E-state index in [1.54, 1.807) is 12.1 Å². The van der Waals surface area contributed by atoms with Crippen molar-refractivity contribution in [3.05, 3.63) is 108 Å². The van der Waals surface area contributed by atoms with Crippen molar-refractivity contribution >= 4 is 70.9 Å². The summed E-state index contributed by atoms with van der Waals surface area (Å²) in [7, 11) is 0. The molecule has 0 saturated carbocycles. The summed E-state index contributed by atoms with van der Waals surface area (Å²) in [4.78, 5) is 115. The molecule has 0 spiro atoms. The quantitative estimate of drug-likeness (QED) is 0.0107. The van der Waals surface area contributed by atoms with Crippen LogP contribution in [-0.2, 0) is 49.4 Å². The molecule has 3 saturated heterocycles. The molecule has 5 aromatic rings. The average Bonchev–Trinajstić information content (AvgIpc) is 1.70. The number of nitrogens with two attached hydrogens (primary N) is 1. The van der Waals surface area contributed by atoms with Crippen molar-refractivity contribution in [3.8, 4) is 44.1 Å². The van der Waals surface area contributed by atoms with Crippen LogP contribution in [-0.4, -0.2) is 209 Å². The maximum atomic E-state index is 14.7. The van der Waals surface area contributed by atoms with E-state index < -0.39 is 177 Å². The van der Waals surface area contributed by atoms with Crippen LogP contribution in [0.5, 0.6) is 23.0 Å². The Kier molecular flexibility index (Phi) is 26.6. The number of carbonyl (C=O) groups is 8. The summed E-state index contributed by atoms with van der Waals surface area (Å²) in [5.41, 5.74) is 6.79. The van der Waals surface area contributed by atoms with Crippen LogP contribution >= 0.6 is 23.7 Å². The summed E-state index contributed by atoms with van der Waals surface area (Å²) in [5.74, 6) is -9.81. The number of aromatic hydroxyl groups is 1. The van der Waals surface area contributed by atoms with Crippen LogP contribution < -0.4 is 80.8 Å². The van der Waals surface area contributed by atoms with Gasteiger partial charge in [0.1, 0.15) is 57.8 Å². The van der Waals surface area contributed by atoms with Gasteiger partial charge in [0.25, 0.3) is 18.2 Å². The molecule has 4 aromatic carbocycles. The number of β-amino-alcohol motifs (C(OH)–C–C–N with tert-alkyl or cyclic N) is 1. The summed E-state index contributed by atoms with van der Waals surface area (Å²) >= 11 is 1.26. The van der Waals surface area contributed by atoms with Gasteiger partial charge in [-0.1, -0.05) is 54.7 Å². The van der Waals surface area contributed by atoms with E-state index in [4.69, 9.17) is 19.4 Å². The normalized spacial score (nSPS) is 24.3. The molecule has 3 aliphatic heterocycles. The summed E-state index contributed by atoms with van der Waals surface area (Å²) < 4.78 is 20.7. The van der Waals surface area contributed by atoms with Crippen molar-refractivity contribution < 1.29 is 132 Å². The Labute approximate surface area is 561 Å². The van der Waals surface area contributed by atoms with Crippen LogP contribution in [0.4, 0.5) is 0 Å². The zero-order chi connectivity index (χ0) is 66.3. The van der Waals surface area contributed by atoms with Gasteiger partial charge in [-0.2, -0.15) is 0 Å². The first kappa shape index (κ1) is 72.8. The number of aliphatic hydroxyl groups excluding tert-OH is 6. The molecule has 1 aromatic heterocycles. The standard InChI is InChI=1S/C59H70N10O21S2.Na/c1-29-27-69-49(50(29)77)55(82)61-26-35(71)23-39(62-51(78)32-10-12-33(13-11-32)56-66-67-57(91-56)34-14-16-38(17-15-34)87-20-6-19-86-37-7-4-3-5-8-37)52(79)63-46(30(2)70)58(83)68-28-36(72)24-40(68)53(80)64-47(54(81)65-48(59(69)84)43(75)25-45(60)76)42(74)21-31-9-18-41(73)44(22-31)88-92-90-89-85;/h3-5,7-18,22,29-30,35-36,39-40,42-43,46-50,70-75,77,85H,6,19-21,23-28H2,1-2H3,(H2,60,76)(H,61,82)(H,62,78)(H,63,79)(H,64,80)(H,65,81);/q;+1/p-1/t29?,30?,35?,36?,39-,40?,42?,43?,46?,47?,48?,49?,50?;/m0./s1. The van der Waals surface area contributed by atoms with E-state index in [1.807, 2.05) is 54.6 Å². The number of aromatic nitrogens is 2. The number of benzene rings is 4. The SMILES string of the molecule is CC(O)C1NC(=O)[C@@H](NC(=O)c2ccc(-c3nnc(-c4ccc(OCCCOc5ccccc5)cc4)s3)cc2)CC(O)CNC(=O)C2C(O)C(C)CN2C(=O)C(C(O)CC(N)=O)NC(=O)C(C(O)Cc2ccc(O)c(OSOO[O-])c2)NC(=O)C2CC(O)CN2C1=O.[Na+]. The van der Waals surface area contributed by atoms with Crippen molar-refractivity contribution in [2.75, 3.05) is 32.8 Å². The molecule has 93 heavy (non-hydrogen) atoms. The summed E-state index contributed by atoms with van der Waals surface area (Å²) in [5, 5.41) is 114. The fourth-order valence-corrected chi connectivity index (χ4v) is 11.6. The molecular formula is C59H69N10NaO21S2. The number of phenols is 1. The minimum atomic E-state index is -2.23. The minimum absolute atomic E-state index is 0. The first-order valence-electron chi connectivity index (χ1n) is 28.9. The number of aliphatic hydroxyl groups is 6. The van der Waals surface area contributed by atoms with Gasteiger partial charge >= 0.3 is 29.6 Å². The Morgan fingerprint density at radius 1 is 0.753 bits per heavy atom. The number of para-hydroxylation sites is 1. The maximum absolute atomic E-state index is 14.7. The Bertz CT molecular complexity index is 3400. The Morgan fingerprint density at radius 2 is 1.37 bits per heavy atom. The van der Waals surface area contributed by atoms with Crippen molar-refractivity contribution in [1.29, 1.82) is 0 Å². The van der Waals surface area contributed by atoms with E-state index in [9.17, 15) is 79.4 Å². The smallest absolute Gasteiger partial charge is 0.691 e. The largest absolute Gasteiger partial charge is 1.00 e. The molecule has 34 heteroatoms. The number of rotatable bonds is 21. The number of phenolic OH excluding ortho intramolecular Hbond substituents is 1. The van der Waals surface area contributed by atoms with Gasteiger partial charge in [-0.05, 0) is 73.2 Å². The maximum Gasteiger partial charge on any atom is 1.00 e. The predicted octanol–water partition coefficient (Wildman–Crippen LogP) is -5.58. The molecule has 8 rings (SSSR count). The number of fused-ring (bicyclic) bond motifs is 2. The van der Waals surface area contributed by atoms with Crippen LogP contribution in [0, 0.1) is 5.92 Å². The van der Waals surface area contributed by atoms with Gasteiger partial charge in [0, 0.05) is 67.9 Å². The molecule has 14 N–H and O–H groups in total.